The Labute approximate surface area is 177 Å². The van der Waals surface area contributed by atoms with Gasteiger partial charge in [0.25, 0.3) is 5.91 Å². The minimum Gasteiger partial charge on any atom is -0.486 e. The summed E-state index contributed by atoms with van der Waals surface area (Å²) in [4.78, 5) is 17.6. The predicted octanol–water partition coefficient (Wildman–Crippen LogP) is 4.08. The highest BCUT2D eigenvalue weighted by molar-refractivity contribution is 5.94. The molecule has 0 radical (unpaired) electrons. The number of benzene rings is 2. The van der Waals surface area contributed by atoms with Crippen LogP contribution >= 0.6 is 0 Å². The molecule has 0 unspecified atom stereocenters. The van der Waals surface area contributed by atoms with Crippen molar-refractivity contribution < 1.29 is 22.7 Å². The molecule has 0 atom stereocenters. The lowest BCUT2D eigenvalue weighted by molar-refractivity contribution is -0.141. The molecule has 1 heterocycles. The second-order valence-electron chi connectivity index (χ2n) is 6.85. The van der Waals surface area contributed by atoms with Gasteiger partial charge in [-0.1, -0.05) is 12.1 Å². The number of carbonyl (C=O) groups is 1. The number of alkyl halides is 3. The topological polar surface area (TPSA) is 71.2 Å². The Balaban J connectivity index is 1.71. The second-order valence-corrected chi connectivity index (χ2v) is 6.85. The molecular weight excluding hydrogens is 409 g/mol. The quantitative estimate of drug-likeness (QED) is 0.569. The van der Waals surface area contributed by atoms with Gasteiger partial charge in [-0.05, 0) is 42.0 Å². The zero-order valence-electron chi connectivity index (χ0n) is 16.6. The van der Waals surface area contributed by atoms with E-state index in [1.807, 2.05) is 13.1 Å². The zero-order valence-corrected chi connectivity index (χ0v) is 16.6. The highest BCUT2D eigenvalue weighted by Crippen LogP contribution is 2.22. The fraction of sp³-hybridized carbons (Fsp3) is 0.227. The average molecular weight is 428 g/mol. The van der Waals surface area contributed by atoms with Crippen LogP contribution in [0.1, 0.15) is 27.3 Å². The molecule has 0 fully saturated rings. The van der Waals surface area contributed by atoms with Gasteiger partial charge in [0, 0.05) is 31.5 Å². The molecule has 0 bridgehead atoms. The van der Waals surface area contributed by atoms with Crippen molar-refractivity contribution in [2.24, 2.45) is 7.05 Å². The van der Waals surface area contributed by atoms with Crippen LogP contribution in [0.2, 0.25) is 0 Å². The van der Waals surface area contributed by atoms with Gasteiger partial charge in [0.05, 0.1) is 11.6 Å². The molecule has 1 amide bonds. The number of hydrogen-bond donors (Lipinski definition) is 0. The first-order valence-corrected chi connectivity index (χ1v) is 9.29. The summed E-state index contributed by atoms with van der Waals surface area (Å²) in [6.07, 6.45) is -1.12. The first-order chi connectivity index (χ1) is 14.7. The first-order valence-electron chi connectivity index (χ1n) is 9.29. The number of imidazole rings is 1. The number of rotatable bonds is 7. The number of ether oxygens (including phenoxy) is 1. The number of nitrogens with zero attached hydrogens (tertiary/aromatic N) is 4. The molecule has 3 aromatic rings. The molecule has 6 nitrogen and oxygen atoms in total. The van der Waals surface area contributed by atoms with E-state index in [-0.39, 0.29) is 18.7 Å². The molecule has 0 spiro atoms. The van der Waals surface area contributed by atoms with Gasteiger partial charge in [-0.15, -0.1) is 0 Å². The molecule has 31 heavy (non-hydrogen) atoms. The van der Waals surface area contributed by atoms with Crippen molar-refractivity contribution >= 4 is 5.91 Å². The normalized spacial score (nSPS) is 11.1. The van der Waals surface area contributed by atoms with Crippen LogP contribution in [-0.2, 0) is 20.2 Å². The number of amides is 1. The summed E-state index contributed by atoms with van der Waals surface area (Å²) in [5.74, 6) is 0.422. The summed E-state index contributed by atoms with van der Waals surface area (Å²) in [5.41, 5.74) is 0.993. The highest BCUT2D eigenvalue weighted by atomic mass is 19.4. The van der Waals surface area contributed by atoms with Gasteiger partial charge >= 0.3 is 6.18 Å². The summed E-state index contributed by atoms with van der Waals surface area (Å²) in [6.45, 7) is -1.40. The standard InChI is InChI=1S/C22H19F3N4O2/c1-28-11-10-27-20(28)14-31-19-8-6-18(7-9-19)21(30)29(15-22(23,24)25)13-17-4-2-16(12-26)3-5-17/h2-11H,13-15H2,1H3. The second kappa shape index (κ2) is 9.34. The minimum atomic E-state index is -4.55. The molecule has 1 aromatic heterocycles. The number of nitriles is 1. The van der Waals surface area contributed by atoms with Crippen LogP contribution in [0, 0.1) is 11.3 Å². The molecule has 160 valence electrons. The lowest BCUT2D eigenvalue weighted by Gasteiger charge is -2.24. The van der Waals surface area contributed by atoms with Crippen molar-refractivity contribution in [1.82, 2.24) is 14.5 Å². The summed E-state index contributed by atoms with van der Waals surface area (Å²) >= 11 is 0. The third-order valence-electron chi connectivity index (χ3n) is 4.50. The highest BCUT2D eigenvalue weighted by Gasteiger charge is 2.33. The maximum atomic E-state index is 13.1. The van der Waals surface area contributed by atoms with Crippen LogP contribution in [0.5, 0.6) is 5.75 Å². The van der Waals surface area contributed by atoms with Crippen molar-refractivity contribution in [1.29, 1.82) is 5.26 Å². The number of aryl methyl sites for hydroxylation is 1. The fourth-order valence-corrected chi connectivity index (χ4v) is 2.88. The molecule has 0 aliphatic carbocycles. The van der Waals surface area contributed by atoms with E-state index in [0.29, 0.717) is 22.7 Å². The molecule has 0 aliphatic rings. The monoisotopic (exact) mass is 428 g/mol. The Morgan fingerprint density at radius 2 is 1.84 bits per heavy atom. The average Bonchev–Trinajstić information content (AvgIpc) is 3.16. The SMILES string of the molecule is Cn1ccnc1COc1ccc(C(=O)N(Cc2ccc(C#N)cc2)CC(F)(F)F)cc1. The van der Waals surface area contributed by atoms with Gasteiger partial charge in [-0.3, -0.25) is 4.79 Å². The lowest BCUT2D eigenvalue weighted by Crippen LogP contribution is -2.38. The molecule has 0 N–H and O–H groups in total. The largest absolute Gasteiger partial charge is 0.486 e. The van der Waals surface area contributed by atoms with Crippen LogP contribution in [-0.4, -0.2) is 33.1 Å². The van der Waals surface area contributed by atoms with Gasteiger partial charge in [0.15, 0.2) is 0 Å². The summed E-state index contributed by atoms with van der Waals surface area (Å²) in [6, 6.07) is 13.9. The van der Waals surface area contributed by atoms with Crippen LogP contribution in [0.4, 0.5) is 13.2 Å². The van der Waals surface area contributed by atoms with E-state index in [2.05, 4.69) is 4.98 Å². The van der Waals surface area contributed by atoms with Crippen molar-refractivity contribution in [3.05, 3.63) is 83.4 Å². The van der Waals surface area contributed by atoms with Crippen molar-refractivity contribution in [2.75, 3.05) is 6.54 Å². The number of halogens is 3. The summed E-state index contributed by atoms with van der Waals surface area (Å²) < 4.78 is 46.6. The minimum absolute atomic E-state index is 0.113. The van der Waals surface area contributed by atoms with Crippen molar-refractivity contribution in [2.45, 2.75) is 19.3 Å². The van der Waals surface area contributed by atoms with Crippen LogP contribution in [0.15, 0.2) is 60.9 Å². The van der Waals surface area contributed by atoms with Gasteiger partial charge in [0.2, 0.25) is 0 Å². The molecule has 0 saturated heterocycles. The number of aromatic nitrogens is 2. The summed E-state index contributed by atoms with van der Waals surface area (Å²) in [5, 5.41) is 8.85. The van der Waals surface area contributed by atoms with E-state index in [9.17, 15) is 18.0 Å². The third-order valence-corrected chi connectivity index (χ3v) is 4.50. The Hall–Kier alpha value is -3.80. The maximum Gasteiger partial charge on any atom is 0.406 e. The molecule has 0 saturated carbocycles. The molecule has 3 rings (SSSR count). The zero-order chi connectivity index (χ0) is 22.4. The van der Waals surface area contributed by atoms with Crippen molar-refractivity contribution in [3.8, 4) is 11.8 Å². The van der Waals surface area contributed by atoms with Crippen LogP contribution in [0.25, 0.3) is 0 Å². The van der Waals surface area contributed by atoms with E-state index >= 15 is 0 Å². The van der Waals surface area contributed by atoms with E-state index in [1.165, 1.54) is 48.5 Å². The van der Waals surface area contributed by atoms with E-state index in [4.69, 9.17) is 10.00 Å². The summed E-state index contributed by atoms with van der Waals surface area (Å²) in [7, 11) is 1.83. The lowest BCUT2D eigenvalue weighted by atomic mass is 10.1. The van der Waals surface area contributed by atoms with Crippen LogP contribution in [0.3, 0.4) is 0 Å². The Bertz CT molecular complexity index is 1070. The molecule has 2 aromatic carbocycles. The number of carbonyl (C=O) groups excluding carboxylic acids is 1. The fourth-order valence-electron chi connectivity index (χ4n) is 2.88. The molecule has 9 heteroatoms. The Morgan fingerprint density at radius 3 is 2.39 bits per heavy atom. The Morgan fingerprint density at radius 1 is 1.16 bits per heavy atom. The number of hydrogen-bond acceptors (Lipinski definition) is 4. The van der Waals surface area contributed by atoms with Gasteiger partial charge in [-0.25, -0.2) is 4.98 Å². The van der Waals surface area contributed by atoms with Gasteiger partial charge in [0.1, 0.15) is 24.7 Å². The maximum absolute atomic E-state index is 13.1. The van der Waals surface area contributed by atoms with Crippen molar-refractivity contribution in [3.63, 3.8) is 0 Å². The smallest absolute Gasteiger partial charge is 0.406 e. The Kier molecular flexibility index (Phi) is 6.60. The van der Waals surface area contributed by atoms with E-state index in [1.54, 1.807) is 17.0 Å². The third kappa shape index (κ3) is 6.09. The van der Waals surface area contributed by atoms with Gasteiger partial charge in [-0.2, -0.15) is 18.4 Å². The molecule has 0 aliphatic heterocycles. The van der Waals surface area contributed by atoms with Gasteiger partial charge < -0.3 is 14.2 Å². The first kappa shape index (κ1) is 21.9. The predicted molar refractivity (Wildman–Crippen MR) is 106 cm³/mol. The van der Waals surface area contributed by atoms with E-state index < -0.39 is 18.6 Å². The van der Waals surface area contributed by atoms with Crippen LogP contribution < -0.4 is 4.74 Å². The van der Waals surface area contributed by atoms with E-state index in [0.717, 1.165) is 4.90 Å². The molecular formula is C22H19F3N4O2.